The predicted octanol–water partition coefficient (Wildman–Crippen LogP) is 0.895. The number of nitrogens with zero attached hydrogens (tertiary/aromatic N) is 2. The monoisotopic (exact) mass is 223 g/mol. The van der Waals surface area contributed by atoms with Crippen molar-refractivity contribution >= 4 is 0 Å². The summed E-state index contributed by atoms with van der Waals surface area (Å²) in [6.07, 6.45) is 7.04. The van der Waals surface area contributed by atoms with Crippen LogP contribution in [0.4, 0.5) is 0 Å². The van der Waals surface area contributed by atoms with Gasteiger partial charge in [-0.25, -0.2) is 0 Å². The van der Waals surface area contributed by atoms with Crippen LogP contribution in [0.3, 0.4) is 0 Å². The van der Waals surface area contributed by atoms with Gasteiger partial charge in [0.1, 0.15) is 0 Å². The lowest BCUT2D eigenvalue weighted by Gasteiger charge is -2.46. The maximum Gasteiger partial charge on any atom is 0.0113 e. The van der Waals surface area contributed by atoms with Crippen molar-refractivity contribution in [3.63, 3.8) is 0 Å². The van der Waals surface area contributed by atoms with Gasteiger partial charge in [-0.15, -0.1) is 0 Å². The molecule has 3 fully saturated rings. The van der Waals surface area contributed by atoms with E-state index in [0.717, 1.165) is 12.6 Å². The van der Waals surface area contributed by atoms with E-state index in [4.69, 9.17) is 5.73 Å². The Labute approximate surface area is 99.0 Å². The molecular formula is C13H25N3. The van der Waals surface area contributed by atoms with Crippen LogP contribution in [-0.2, 0) is 0 Å². The first-order chi connectivity index (χ1) is 7.81. The maximum atomic E-state index is 5.93. The maximum absolute atomic E-state index is 5.93. The van der Waals surface area contributed by atoms with Crippen LogP contribution in [0.2, 0.25) is 0 Å². The van der Waals surface area contributed by atoms with E-state index in [1.807, 2.05) is 0 Å². The molecule has 0 bridgehead atoms. The second-order valence-electron chi connectivity index (χ2n) is 6.10. The van der Waals surface area contributed by atoms with Crippen molar-refractivity contribution < 1.29 is 0 Å². The molecule has 0 aromatic heterocycles. The third kappa shape index (κ3) is 2.13. The van der Waals surface area contributed by atoms with Crippen LogP contribution < -0.4 is 5.73 Å². The molecule has 0 amide bonds. The summed E-state index contributed by atoms with van der Waals surface area (Å²) < 4.78 is 0. The van der Waals surface area contributed by atoms with Crippen molar-refractivity contribution in [2.75, 3.05) is 39.3 Å². The summed E-state index contributed by atoms with van der Waals surface area (Å²) in [5.74, 6) is 0. The minimum Gasteiger partial charge on any atom is -0.330 e. The first-order valence-corrected chi connectivity index (χ1v) is 6.98. The molecule has 16 heavy (non-hydrogen) atoms. The molecule has 0 aromatic carbocycles. The van der Waals surface area contributed by atoms with E-state index < -0.39 is 0 Å². The van der Waals surface area contributed by atoms with Gasteiger partial charge in [-0.2, -0.15) is 0 Å². The zero-order valence-electron chi connectivity index (χ0n) is 10.3. The van der Waals surface area contributed by atoms with Crippen LogP contribution in [0.25, 0.3) is 0 Å². The Balaban J connectivity index is 1.46. The lowest BCUT2D eigenvalue weighted by atomic mass is 9.68. The van der Waals surface area contributed by atoms with Gasteiger partial charge in [-0.05, 0) is 37.6 Å². The lowest BCUT2D eigenvalue weighted by molar-refractivity contribution is 0.0418. The number of nitrogens with two attached hydrogens (primary N) is 1. The highest BCUT2D eigenvalue weighted by molar-refractivity contribution is 4.93. The zero-order chi connectivity index (χ0) is 11.0. The number of hydrogen-bond acceptors (Lipinski definition) is 3. The Hall–Kier alpha value is -0.120. The summed E-state index contributed by atoms with van der Waals surface area (Å²) in [4.78, 5) is 5.34. The Morgan fingerprint density at radius 3 is 2.19 bits per heavy atom. The average Bonchev–Trinajstić information content (AvgIpc) is 3.08. The third-order valence-corrected chi connectivity index (χ3v) is 4.88. The first-order valence-electron chi connectivity index (χ1n) is 6.98. The molecule has 2 aliphatic carbocycles. The molecule has 0 radical (unpaired) electrons. The van der Waals surface area contributed by atoms with Crippen molar-refractivity contribution in [1.29, 1.82) is 0 Å². The SMILES string of the molecule is NCC1(CN2CCN(C3CC3)CC2)CCC1. The van der Waals surface area contributed by atoms with E-state index in [1.54, 1.807) is 0 Å². The molecule has 1 aliphatic heterocycles. The quantitative estimate of drug-likeness (QED) is 0.768. The molecule has 92 valence electrons. The van der Waals surface area contributed by atoms with Crippen molar-refractivity contribution in [2.24, 2.45) is 11.1 Å². The molecule has 3 nitrogen and oxygen atoms in total. The largest absolute Gasteiger partial charge is 0.330 e. The first kappa shape index (κ1) is 11.0. The second-order valence-corrected chi connectivity index (χ2v) is 6.10. The summed E-state index contributed by atoms with van der Waals surface area (Å²) in [5, 5.41) is 0. The van der Waals surface area contributed by atoms with E-state index in [0.29, 0.717) is 5.41 Å². The van der Waals surface area contributed by atoms with E-state index >= 15 is 0 Å². The number of rotatable bonds is 4. The van der Waals surface area contributed by atoms with E-state index in [9.17, 15) is 0 Å². The summed E-state index contributed by atoms with van der Waals surface area (Å²) in [5.41, 5.74) is 6.44. The van der Waals surface area contributed by atoms with Crippen molar-refractivity contribution in [1.82, 2.24) is 9.80 Å². The van der Waals surface area contributed by atoms with Gasteiger partial charge in [0, 0.05) is 38.8 Å². The summed E-state index contributed by atoms with van der Waals surface area (Å²) in [6, 6.07) is 0.953. The Morgan fingerprint density at radius 1 is 1.06 bits per heavy atom. The fourth-order valence-corrected chi connectivity index (χ4v) is 3.30. The minimum atomic E-state index is 0.502. The van der Waals surface area contributed by atoms with Gasteiger partial charge >= 0.3 is 0 Å². The summed E-state index contributed by atoms with van der Waals surface area (Å²) in [7, 11) is 0. The van der Waals surface area contributed by atoms with Crippen LogP contribution in [-0.4, -0.2) is 55.1 Å². The number of hydrogen-bond donors (Lipinski definition) is 1. The molecule has 3 rings (SSSR count). The van der Waals surface area contributed by atoms with Gasteiger partial charge in [0.05, 0.1) is 0 Å². The van der Waals surface area contributed by atoms with Crippen molar-refractivity contribution in [2.45, 2.75) is 38.1 Å². The second kappa shape index (κ2) is 4.28. The van der Waals surface area contributed by atoms with Crippen molar-refractivity contribution in [3.05, 3.63) is 0 Å². The average molecular weight is 223 g/mol. The highest BCUT2D eigenvalue weighted by atomic mass is 15.3. The molecular weight excluding hydrogens is 198 g/mol. The summed E-state index contributed by atoms with van der Waals surface area (Å²) >= 11 is 0. The molecule has 0 spiro atoms. The Kier molecular flexibility index (Phi) is 2.94. The fraction of sp³-hybridized carbons (Fsp3) is 1.00. The molecule has 3 aliphatic rings. The zero-order valence-corrected chi connectivity index (χ0v) is 10.3. The van der Waals surface area contributed by atoms with Gasteiger partial charge < -0.3 is 10.6 Å². The number of piperazine rings is 1. The predicted molar refractivity (Wildman–Crippen MR) is 66.4 cm³/mol. The van der Waals surface area contributed by atoms with Crippen LogP contribution in [0.1, 0.15) is 32.1 Å². The molecule has 1 heterocycles. The normalized spacial score (nSPS) is 31.3. The lowest BCUT2D eigenvalue weighted by Crippen LogP contribution is -2.53. The molecule has 0 aromatic rings. The van der Waals surface area contributed by atoms with Gasteiger partial charge in [0.2, 0.25) is 0 Å². The van der Waals surface area contributed by atoms with Crippen LogP contribution >= 0.6 is 0 Å². The Bertz CT molecular complexity index is 232. The minimum absolute atomic E-state index is 0.502. The Morgan fingerprint density at radius 2 is 1.75 bits per heavy atom. The van der Waals surface area contributed by atoms with E-state index in [2.05, 4.69) is 9.80 Å². The van der Waals surface area contributed by atoms with Crippen LogP contribution in [0, 0.1) is 5.41 Å². The smallest absolute Gasteiger partial charge is 0.0113 e. The molecule has 0 atom stereocenters. The van der Waals surface area contributed by atoms with E-state index in [-0.39, 0.29) is 0 Å². The van der Waals surface area contributed by atoms with Gasteiger partial charge in [0.25, 0.3) is 0 Å². The molecule has 2 N–H and O–H groups in total. The van der Waals surface area contributed by atoms with Crippen LogP contribution in [0.15, 0.2) is 0 Å². The molecule has 0 unspecified atom stereocenters. The molecule has 2 saturated carbocycles. The highest BCUT2D eigenvalue weighted by Gasteiger charge is 2.38. The van der Waals surface area contributed by atoms with E-state index in [1.165, 1.54) is 64.8 Å². The highest BCUT2D eigenvalue weighted by Crippen LogP contribution is 2.40. The van der Waals surface area contributed by atoms with Gasteiger partial charge in [0.15, 0.2) is 0 Å². The molecule has 3 heteroatoms. The van der Waals surface area contributed by atoms with Crippen molar-refractivity contribution in [3.8, 4) is 0 Å². The van der Waals surface area contributed by atoms with Gasteiger partial charge in [-0.3, -0.25) is 4.90 Å². The summed E-state index contributed by atoms with van der Waals surface area (Å²) in [6.45, 7) is 7.31. The molecule has 1 saturated heterocycles. The standard InChI is InChI=1S/C13H25N3/c14-10-13(4-1-5-13)11-15-6-8-16(9-7-15)12-2-3-12/h12H,1-11,14H2. The van der Waals surface area contributed by atoms with Gasteiger partial charge in [-0.1, -0.05) is 6.42 Å². The topological polar surface area (TPSA) is 32.5 Å². The fourth-order valence-electron chi connectivity index (χ4n) is 3.30. The van der Waals surface area contributed by atoms with Crippen LogP contribution in [0.5, 0.6) is 0 Å². The third-order valence-electron chi connectivity index (χ3n) is 4.88.